The van der Waals surface area contributed by atoms with Crippen LogP contribution < -0.4 is 5.73 Å². The summed E-state index contributed by atoms with van der Waals surface area (Å²) < 4.78 is 13.9. The van der Waals surface area contributed by atoms with E-state index < -0.39 is 5.41 Å². The molecule has 1 aromatic carbocycles. The van der Waals surface area contributed by atoms with Crippen LogP contribution in [0.2, 0.25) is 0 Å². The molecule has 1 saturated heterocycles. The third-order valence-corrected chi connectivity index (χ3v) is 3.99. The average molecular weight is 264 g/mol. The molecular formula is C15H21FN2O. The van der Waals surface area contributed by atoms with Crippen molar-refractivity contribution in [2.24, 2.45) is 11.7 Å². The highest BCUT2D eigenvalue weighted by atomic mass is 19.1. The smallest absolute Gasteiger partial charge is 0.232 e. The molecule has 4 heteroatoms. The van der Waals surface area contributed by atoms with Gasteiger partial charge < -0.3 is 10.6 Å². The summed E-state index contributed by atoms with van der Waals surface area (Å²) in [6, 6.07) is 6.49. The first-order valence-electron chi connectivity index (χ1n) is 6.71. The van der Waals surface area contributed by atoms with Gasteiger partial charge in [-0.15, -0.1) is 0 Å². The molecule has 1 aliphatic rings. The fourth-order valence-electron chi connectivity index (χ4n) is 2.69. The van der Waals surface area contributed by atoms with E-state index in [1.807, 2.05) is 4.90 Å². The summed E-state index contributed by atoms with van der Waals surface area (Å²) in [7, 11) is 0. The number of amides is 1. The third-order valence-electron chi connectivity index (χ3n) is 3.99. The number of likely N-dealkylation sites (tertiary alicyclic amines) is 1. The van der Waals surface area contributed by atoms with Crippen LogP contribution in [0.4, 0.5) is 4.39 Å². The van der Waals surface area contributed by atoms with Gasteiger partial charge in [0.15, 0.2) is 0 Å². The lowest BCUT2D eigenvalue weighted by molar-refractivity contribution is -0.135. The quantitative estimate of drug-likeness (QED) is 0.906. The average Bonchev–Trinajstić information content (AvgIpc) is 2.86. The highest BCUT2D eigenvalue weighted by Crippen LogP contribution is 2.30. The van der Waals surface area contributed by atoms with Crippen LogP contribution in [0.25, 0.3) is 0 Å². The van der Waals surface area contributed by atoms with Crippen molar-refractivity contribution in [3.8, 4) is 0 Å². The van der Waals surface area contributed by atoms with Gasteiger partial charge in [-0.3, -0.25) is 4.79 Å². The Morgan fingerprint density at radius 1 is 1.47 bits per heavy atom. The summed E-state index contributed by atoms with van der Waals surface area (Å²) in [6.07, 6.45) is 0.940. The maximum absolute atomic E-state index is 13.9. The lowest BCUT2D eigenvalue weighted by atomic mass is 9.83. The fourth-order valence-corrected chi connectivity index (χ4v) is 2.69. The number of benzene rings is 1. The molecular weight excluding hydrogens is 243 g/mol. The fraction of sp³-hybridized carbons (Fsp3) is 0.533. The van der Waals surface area contributed by atoms with E-state index in [0.29, 0.717) is 24.6 Å². The van der Waals surface area contributed by atoms with Crippen LogP contribution in [0, 0.1) is 11.7 Å². The van der Waals surface area contributed by atoms with Crippen molar-refractivity contribution in [3.05, 3.63) is 35.6 Å². The largest absolute Gasteiger partial charge is 0.342 e. The summed E-state index contributed by atoms with van der Waals surface area (Å²) in [5, 5.41) is 0. The molecule has 2 rings (SSSR count). The second-order valence-corrected chi connectivity index (χ2v) is 5.75. The van der Waals surface area contributed by atoms with Crippen LogP contribution in [0.5, 0.6) is 0 Å². The maximum Gasteiger partial charge on any atom is 0.232 e. The van der Waals surface area contributed by atoms with Gasteiger partial charge in [0.2, 0.25) is 5.91 Å². The predicted molar refractivity (Wildman–Crippen MR) is 73.2 cm³/mol. The van der Waals surface area contributed by atoms with Gasteiger partial charge in [-0.1, -0.05) is 18.2 Å². The Bertz CT molecular complexity index is 473. The first-order chi connectivity index (χ1) is 8.96. The lowest BCUT2D eigenvalue weighted by Gasteiger charge is -2.30. The van der Waals surface area contributed by atoms with Gasteiger partial charge >= 0.3 is 0 Å². The maximum atomic E-state index is 13.9. The van der Waals surface area contributed by atoms with Crippen LogP contribution in [-0.4, -0.2) is 30.4 Å². The molecule has 0 aromatic heterocycles. The topological polar surface area (TPSA) is 46.3 Å². The number of nitrogens with zero attached hydrogens (tertiary/aromatic N) is 1. The number of carbonyl (C=O) groups excluding carboxylic acids is 1. The van der Waals surface area contributed by atoms with E-state index in [-0.39, 0.29) is 11.7 Å². The van der Waals surface area contributed by atoms with E-state index in [9.17, 15) is 9.18 Å². The number of carbonyl (C=O) groups is 1. The Morgan fingerprint density at radius 2 is 2.16 bits per heavy atom. The Kier molecular flexibility index (Phi) is 3.90. The first kappa shape index (κ1) is 14.0. The van der Waals surface area contributed by atoms with Crippen molar-refractivity contribution in [2.75, 3.05) is 19.6 Å². The van der Waals surface area contributed by atoms with Gasteiger partial charge in [0.05, 0.1) is 5.41 Å². The molecule has 0 spiro atoms. The zero-order valence-corrected chi connectivity index (χ0v) is 11.5. The van der Waals surface area contributed by atoms with Crippen LogP contribution >= 0.6 is 0 Å². The lowest BCUT2D eigenvalue weighted by Crippen LogP contribution is -2.43. The molecule has 2 N–H and O–H groups in total. The summed E-state index contributed by atoms with van der Waals surface area (Å²) in [6.45, 7) is 5.57. The van der Waals surface area contributed by atoms with E-state index in [2.05, 4.69) is 0 Å². The molecule has 0 saturated carbocycles. The Balaban J connectivity index is 2.20. The van der Waals surface area contributed by atoms with Gasteiger partial charge in [-0.05, 0) is 38.8 Å². The van der Waals surface area contributed by atoms with Crippen molar-refractivity contribution in [2.45, 2.75) is 25.7 Å². The van der Waals surface area contributed by atoms with Gasteiger partial charge in [0, 0.05) is 18.7 Å². The molecule has 104 valence electrons. The minimum atomic E-state index is -0.838. The third kappa shape index (κ3) is 2.63. The van der Waals surface area contributed by atoms with Gasteiger partial charge in [0.1, 0.15) is 5.82 Å². The Hall–Kier alpha value is -1.42. The molecule has 0 unspecified atom stereocenters. The van der Waals surface area contributed by atoms with Crippen molar-refractivity contribution in [3.63, 3.8) is 0 Å². The molecule has 0 radical (unpaired) electrons. The Labute approximate surface area is 113 Å². The predicted octanol–water partition coefficient (Wildman–Crippen LogP) is 1.91. The minimum absolute atomic E-state index is 0.0199. The van der Waals surface area contributed by atoms with E-state index in [1.165, 1.54) is 6.07 Å². The van der Waals surface area contributed by atoms with E-state index in [1.54, 1.807) is 32.0 Å². The Morgan fingerprint density at radius 3 is 2.74 bits per heavy atom. The highest BCUT2D eigenvalue weighted by molar-refractivity contribution is 5.87. The SMILES string of the molecule is CC(C)(C(=O)N1CC[C@@H](CN)C1)c1ccccc1F. The summed E-state index contributed by atoms with van der Waals surface area (Å²) in [5.41, 5.74) is 5.26. The second-order valence-electron chi connectivity index (χ2n) is 5.75. The van der Waals surface area contributed by atoms with Gasteiger partial charge in [0.25, 0.3) is 0 Å². The number of rotatable bonds is 3. The summed E-state index contributed by atoms with van der Waals surface area (Å²) >= 11 is 0. The van der Waals surface area contributed by atoms with Crippen molar-refractivity contribution in [1.82, 2.24) is 4.90 Å². The van der Waals surface area contributed by atoms with Crippen LogP contribution in [0.1, 0.15) is 25.8 Å². The van der Waals surface area contributed by atoms with Crippen LogP contribution in [-0.2, 0) is 10.2 Å². The highest BCUT2D eigenvalue weighted by Gasteiger charge is 2.38. The zero-order valence-electron chi connectivity index (χ0n) is 11.5. The number of hydrogen-bond acceptors (Lipinski definition) is 2. The van der Waals surface area contributed by atoms with Crippen molar-refractivity contribution in [1.29, 1.82) is 0 Å². The van der Waals surface area contributed by atoms with Crippen molar-refractivity contribution >= 4 is 5.91 Å². The van der Waals surface area contributed by atoms with E-state index in [0.717, 1.165) is 13.0 Å². The van der Waals surface area contributed by atoms with Crippen LogP contribution in [0.15, 0.2) is 24.3 Å². The summed E-state index contributed by atoms with van der Waals surface area (Å²) in [4.78, 5) is 14.4. The zero-order chi connectivity index (χ0) is 14.0. The van der Waals surface area contributed by atoms with Crippen molar-refractivity contribution < 1.29 is 9.18 Å². The normalized spacial score (nSPS) is 19.8. The molecule has 1 aliphatic heterocycles. The van der Waals surface area contributed by atoms with Gasteiger partial charge in [-0.25, -0.2) is 4.39 Å². The molecule has 0 bridgehead atoms. The van der Waals surface area contributed by atoms with E-state index in [4.69, 9.17) is 5.73 Å². The summed E-state index contributed by atoms with van der Waals surface area (Å²) in [5.74, 6) is 0.0318. The van der Waals surface area contributed by atoms with Crippen LogP contribution in [0.3, 0.4) is 0 Å². The molecule has 1 heterocycles. The molecule has 1 aromatic rings. The monoisotopic (exact) mass is 264 g/mol. The minimum Gasteiger partial charge on any atom is -0.342 e. The number of halogens is 1. The van der Waals surface area contributed by atoms with E-state index >= 15 is 0 Å². The second kappa shape index (κ2) is 5.29. The molecule has 1 fully saturated rings. The standard InChI is InChI=1S/C15H21FN2O/c1-15(2,12-5-3-4-6-13(12)16)14(19)18-8-7-11(9-17)10-18/h3-6,11H,7-10,17H2,1-2H3/t11-/m0/s1. The number of nitrogens with two attached hydrogens (primary N) is 1. The molecule has 1 amide bonds. The molecule has 1 atom stereocenters. The molecule has 19 heavy (non-hydrogen) atoms. The molecule has 3 nitrogen and oxygen atoms in total. The van der Waals surface area contributed by atoms with Gasteiger partial charge in [-0.2, -0.15) is 0 Å². The number of hydrogen-bond donors (Lipinski definition) is 1. The molecule has 0 aliphatic carbocycles. The first-order valence-corrected chi connectivity index (χ1v) is 6.71.